The van der Waals surface area contributed by atoms with Crippen molar-refractivity contribution in [3.63, 3.8) is 0 Å². The number of rotatable bonds is 5. The molecule has 0 aliphatic rings. The van der Waals surface area contributed by atoms with Crippen molar-refractivity contribution in [2.24, 2.45) is 0 Å². The lowest BCUT2D eigenvalue weighted by atomic mass is 10.1. The fraction of sp³-hybridized carbons (Fsp3) is 0.357. The van der Waals surface area contributed by atoms with E-state index in [4.69, 9.17) is 0 Å². The average Bonchev–Trinajstić information content (AvgIpc) is 2.84. The Labute approximate surface area is 112 Å². The van der Waals surface area contributed by atoms with E-state index in [0.717, 1.165) is 23.7 Å². The summed E-state index contributed by atoms with van der Waals surface area (Å²) >= 11 is 1.76. The number of nitrogens with zero attached hydrogens (tertiary/aromatic N) is 2. The first kappa shape index (κ1) is 13.2. The Morgan fingerprint density at radius 2 is 2.06 bits per heavy atom. The molecule has 1 heterocycles. The van der Waals surface area contributed by atoms with E-state index in [9.17, 15) is 5.11 Å². The molecule has 0 bridgehead atoms. The molecule has 0 aliphatic carbocycles. The van der Waals surface area contributed by atoms with Crippen LogP contribution in [0.15, 0.2) is 41.6 Å². The fourth-order valence-corrected chi connectivity index (χ4v) is 2.62. The van der Waals surface area contributed by atoms with Gasteiger partial charge in [-0.05, 0) is 31.5 Å². The molecule has 0 spiro atoms. The van der Waals surface area contributed by atoms with Gasteiger partial charge in [0, 0.05) is 23.8 Å². The van der Waals surface area contributed by atoms with Crippen LogP contribution >= 0.6 is 11.8 Å². The average molecular weight is 262 g/mol. The predicted octanol–water partition coefficient (Wildman–Crippen LogP) is 3.25. The van der Waals surface area contributed by atoms with Gasteiger partial charge in [-0.3, -0.25) is 0 Å². The van der Waals surface area contributed by atoms with E-state index >= 15 is 0 Å². The smallest absolute Gasteiger partial charge is 0.119 e. The van der Waals surface area contributed by atoms with E-state index in [1.165, 1.54) is 4.90 Å². The van der Waals surface area contributed by atoms with Crippen molar-refractivity contribution in [1.82, 2.24) is 9.55 Å². The zero-order chi connectivity index (χ0) is 13.0. The topological polar surface area (TPSA) is 38.0 Å². The molecule has 1 aromatic carbocycles. The van der Waals surface area contributed by atoms with Crippen molar-refractivity contribution in [2.75, 3.05) is 0 Å². The van der Waals surface area contributed by atoms with E-state index < -0.39 is 6.10 Å². The Hall–Kier alpha value is -1.26. The van der Waals surface area contributed by atoms with Gasteiger partial charge in [-0.2, -0.15) is 0 Å². The molecule has 2 aromatic rings. The monoisotopic (exact) mass is 262 g/mol. The van der Waals surface area contributed by atoms with Crippen LogP contribution in [-0.2, 0) is 12.3 Å². The summed E-state index contributed by atoms with van der Waals surface area (Å²) in [5.41, 5.74) is 0.953. The molecule has 0 amide bonds. The third kappa shape index (κ3) is 3.15. The van der Waals surface area contributed by atoms with Gasteiger partial charge in [0.25, 0.3) is 0 Å². The number of aliphatic hydroxyl groups is 1. The van der Waals surface area contributed by atoms with Crippen LogP contribution in [0.5, 0.6) is 0 Å². The predicted molar refractivity (Wildman–Crippen MR) is 74.5 cm³/mol. The van der Waals surface area contributed by atoms with E-state index in [2.05, 4.69) is 16.5 Å². The summed E-state index contributed by atoms with van der Waals surface area (Å²) < 4.78 is 2.15. The van der Waals surface area contributed by atoms with Crippen LogP contribution in [0.2, 0.25) is 0 Å². The fourth-order valence-electron chi connectivity index (χ4n) is 1.76. The zero-order valence-corrected chi connectivity index (χ0v) is 11.5. The van der Waals surface area contributed by atoms with Gasteiger partial charge in [0.05, 0.1) is 11.9 Å². The largest absolute Gasteiger partial charge is 0.389 e. The Bertz CT molecular complexity index is 491. The molecule has 0 aliphatic heterocycles. The second-order valence-electron chi connectivity index (χ2n) is 4.16. The van der Waals surface area contributed by atoms with E-state index in [-0.39, 0.29) is 0 Å². The number of thioether (sulfide) groups is 1. The van der Waals surface area contributed by atoms with E-state index in [1.54, 1.807) is 18.7 Å². The summed E-state index contributed by atoms with van der Waals surface area (Å²) in [6.07, 6.45) is 3.45. The second-order valence-corrected chi connectivity index (χ2v) is 5.21. The maximum Gasteiger partial charge on any atom is 0.119 e. The molecule has 1 aromatic heterocycles. The third-order valence-electron chi connectivity index (χ3n) is 2.87. The molecule has 0 fully saturated rings. The van der Waals surface area contributed by atoms with Crippen LogP contribution in [0.3, 0.4) is 0 Å². The Kier molecular flexibility index (Phi) is 4.44. The minimum atomic E-state index is -0.400. The van der Waals surface area contributed by atoms with Gasteiger partial charge in [-0.15, -0.1) is 11.8 Å². The molecular weight excluding hydrogens is 244 g/mol. The lowest BCUT2D eigenvalue weighted by Crippen LogP contribution is -1.98. The van der Waals surface area contributed by atoms with Gasteiger partial charge < -0.3 is 9.67 Å². The lowest BCUT2D eigenvalue weighted by molar-refractivity contribution is 0.199. The first-order chi connectivity index (χ1) is 8.70. The highest BCUT2D eigenvalue weighted by Crippen LogP contribution is 2.24. The molecule has 0 saturated carbocycles. The SMILES string of the molecule is CCn1ccnc1CSc1ccc(C(C)O)cc1. The van der Waals surface area contributed by atoms with Gasteiger partial charge in [0.15, 0.2) is 0 Å². The molecule has 0 radical (unpaired) electrons. The van der Waals surface area contributed by atoms with Crippen molar-refractivity contribution in [3.8, 4) is 0 Å². The molecule has 96 valence electrons. The normalized spacial score (nSPS) is 12.6. The zero-order valence-electron chi connectivity index (χ0n) is 10.7. The molecule has 1 N–H and O–H groups in total. The standard InChI is InChI=1S/C14H18N2OS/c1-3-16-9-8-15-14(16)10-18-13-6-4-12(5-7-13)11(2)17/h4-9,11,17H,3,10H2,1-2H3. The van der Waals surface area contributed by atoms with E-state index in [1.807, 2.05) is 36.7 Å². The number of imidazole rings is 1. The van der Waals surface area contributed by atoms with Crippen LogP contribution < -0.4 is 0 Å². The maximum atomic E-state index is 9.44. The molecule has 1 atom stereocenters. The quantitative estimate of drug-likeness (QED) is 0.841. The highest BCUT2D eigenvalue weighted by atomic mass is 32.2. The van der Waals surface area contributed by atoms with Crippen LogP contribution in [0.4, 0.5) is 0 Å². The van der Waals surface area contributed by atoms with Crippen molar-refractivity contribution < 1.29 is 5.11 Å². The number of hydrogen-bond donors (Lipinski definition) is 1. The van der Waals surface area contributed by atoms with Crippen molar-refractivity contribution in [3.05, 3.63) is 48.0 Å². The minimum Gasteiger partial charge on any atom is -0.389 e. The summed E-state index contributed by atoms with van der Waals surface area (Å²) in [6.45, 7) is 4.85. The highest BCUT2D eigenvalue weighted by Gasteiger charge is 2.04. The van der Waals surface area contributed by atoms with Crippen LogP contribution in [0, 0.1) is 0 Å². The molecule has 0 saturated heterocycles. The molecular formula is C14H18N2OS. The molecule has 18 heavy (non-hydrogen) atoms. The number of aliphatic hydroxyl groups excluding tert-OH is 1. The summed E-state index contributed by atoms with van der Waals surface area (Å²) in [6, 6.07) is 8.04. The van der Waals surface area contributed by atoms with Crippen LogP contribution in [0.1, 0.15) is 31.3 Å². The summed E-state index contributed by atoms with van der Waals surface area (Å²) in [4.78, 5) is 5.55. The maximum absolute atomic E-state index is 9.44. The Morgan fingerprint density at radius 1 is 1.33 bits per heavy atom. The molecule has 1 unspecified atom stereocenters. The first-order valence-electron chi connectivity index (χ1n) is 6.11. The van der Waals surface area contributed by atoms with Crippen molar-refractivity contribution in [2.45, 2.75) is 37.1 Å². The summed E-state index contributed by atoms with van der Waals surface area (Å²) in [5.74, 6) is 1.97. The van der Waals surface area contributed by atoms with Crippen LogP contribution in [-0.4, -0.2) is 14.7 Å². The number of benzene rings is 1. The number of aromatic nitrogens is 2. The lowest BCUT2D eigenvalue weighted by Gasteiger charge is -2.07. The number of aryl methyl sites for hydroxylation is 1. The minimum absolute atomic E-state index is 0.400. The van der Waals surface area contributed by atoms with Crippen LogP contribution in [0.25, 0.3) is 0 Å². The van der Waals surface area contributed by atoms with Gasteiger partial charge in [-0.1, -0.05) is 12.1 Å². The summed E-state index contributed by atoms with van der Waals surface area (Å²) in [7, 11) is 0. The van der Waals surface area contributed by atoms with Gasteiger partial charge in [-0.25, -0.2) is 4.98 Å². The molecule has 2 rings (SSSR count). The Morgan fingerprint density at radius 3 is 2.67 bits per heavy atom. The van der Waals surface area contributed by atoms with Crippen molar-refractivity contribution in [1.29, 1.82) is 0 Å². The van der Waals surface area contributed by atoms with Gasteiger partial charge in [0.1, 0.15) is 5.82 Å². The second kappa shape index (κ2) is 6.07. The van der Waals surface area contributed by atoms with E-state index in [0.29, 0.717) is 0 Å². The Balaban J connectivity index is 1.98. The highest BCUT2D eigenvalue weighted by molar-refractivity contribution is 7.98. The van der Waals surface area contributed by atoms with Gasteiger partial charge >= 0.3 is 0 Å². The van der Waals surface area contributed by atoms with Gasteiger partial charge in [0.2, 0.25) is 0 Å². The molecule has 4 heteroatoms. The third-order valence-corrected chi connectivity index (χ3v) is 3.88. The van der Waals surface area contributed by atoms with Crippen molar-refractivity contribution >= 4 is 11.8 Å². The molecule has 3 nitrogen and oxygen atoms in total. The summed E-state index contributed by atoms with van der Waals surface area (Å²) in [5, 5.41) is 9.44. The number of hydrogen-bond acceptors (Lipinski definition) is 3. The first-order valence-corrected chi connectivity index (χ1v) is 7.10.